The number of pyridine rings is 1. The van der Waals surface area contributed by atoms with Gasteiger partial charge in [0.25, 0.3) is 0 Å². The number of aromatic nitrogens is 1. The second-order valence-electron chi connectivity index (χ2n) is 6.42. The molecule has 1 saturated carbocycles. The van der Waals surface area contributed by atoms with Gasteiger partial charge < -0.3 is 10.6 Å². The first-order valence-corrected chi connectivity index (χ1v) is 7.92. The normalized spacial score (nSPS) is 20.2. The predicted octanol–water partition coefficient (Wildman–Crippen LogP) is 1.69. The Bertz CT molecular complexity index is 438. The zero-order chi connectivity index (χ0) is 15.3. The van der Waals surface area contributed by atoms with E-state index in [9.17, 15) is 0 Å². The van der Waals surface area contributed by atoms with Gasteiger partial charge in [-0.15, -0.1) is 0 Å². The molecule has 1 aromatic rings. The fraction of sp³-hybridized carbons (Fsp3) is 0.688. The quantitative estimate of drug-likeness (QED) is 0.437. The van der Waals surface area contributed by atoms with Crippen molar-refractivity contribution in [1.82, 2.24) is 15.3 Å². The Balaban J connectivity index is 2.23. The molecule has 0 aliphatic heterocycles. The van der Waals surface area contributed by atoms with Gasteiger partial charge in [0, 0.05) is 17.8 Å². The monoisotopic (exact) mass is 291 g/mol. The van der Waals surface area contributed by atoms with E-state index in [-0.39, 0.29) is 11.6 Å². The van der Waals surface area contributed by atoms with Crippen LogP contribution in [0.15, 0.2) is 18.3 Å². The minimum Gasteiger partial charge on any atom is -0.384 e. The fourth-order valence-corrected chi connectivity index (χ4v) is 3.71. The lowest BCUT2D eigenvalue weighted by atomic mass is 9.79. The number of hydrazine groups is 1. The van der Waals surface area contributed by atoms with Crippen molar-refractivity contribution in [3.8, 4) is 0 Å². The van der Waals surface area contributed by atoms with Crippen LogP contribution < -0.4 is 17.0 Å². The van der Waals surface area contributed by atoms with Gasteiger partial charge in [-0.25, -0.2) is 4.98 Å². The Kier molecular flexibility index (Phi) is 5.56. The molecule has 0 aromatic carbocycles. The zero-order valence-corrected chi connectivity index (χ0v) is 13.3. The van der Waals surface area contributed by atoms with Crippen LogP contribution in [0.2, 0.25) is 0 Å². The molecule has 2 rings (SSSR count). The first kappa shape index (κ1) is 16.2. The molecule has 5 heteroatoms. The van der Waals surface area contributed by atoms with Gasteiger partial charge in [-0.2, -0.15) is 0 Å². The summed E-state index contributed by atoms with van der Waals surface area (Å²) in [5.74, 6) is 6.51. The van der Waals surface area contributed by atoms with Crippen LogP contribution in [0.25, 0.3) is 0 Å². The third kappa shape index (κ3) is 3.73. The third-order valence-corrected chi connectivity index (χ3v) is 5.00. The number of anilines is 1. The van der Waals surface area contributed by atoms with Gasteiger partial charge in [-0.05, 0) is 51.1 Å². The average molecular weight is 291 g/mol. The summed E-state index contributed by atoms with van der Waals surface area (Å²) < 4.78 is 0. The van der Waals surface area contributed by atoms with Crippen molar-refractivity contribution < 1.29 is 0 Å². The summed E-state index contributed by atoms with van der Waals surface area (Å²) in [5, 5.41) is 0. The van der Waals surface area contributed by atoms with Crippen LogP contribution in [0.1, 0.15) is 44.1 Å². The van der Waals surface area contributed by atoms with Crippen LogP contribution in [0.5, 0.6) is 0 Å². The highest BCUT2D eigenvalue weighted by molar-refractivity contribution is 5.32. The van der Waals surface area contributed by atoms with Crippen LogP contribution in [0, 0.1) is 0 Å². The zero-order valence-electron chi connectivity index (χ0n) is 13.3. The molecule has 0 bridgehead atoms. The summed E-state index contributed by atoms with van der Waals surface area (Å²) >= 11 is 0. The number of nitrogens with two attached hydrogens (primary N) is 2. The Morgan fingerprint density at radius 3 is 2.48 bits per heavy atom. The Labute approximate surface area is 128 Å². The largest absolute Gasteiger partial charge is 0.384 e. The minimum atomic E-state index is 0.114. The van der Waals surface area contributed by atoms with Crippen molar-refractivity contribution >= 4 is 5.82 Å². The van der Waals surface area contributed by atoms with Gasteiger partial charge in [0.05, 0.1) is 0 Å². The maximum atomic E-state index is 5.94. The first-order chi connectivity index (χ1) is 10.1. The molecule has 1 atom stereocenters. The van der Waals surface area contributed by atoms with Crippen molar-refractivity contribution in [2.45, 2.75) is 56.5 Å². The molecule has 21 heavy (non-hydrogen) atoms. The summed E-state index contributed by atoms with van der Waals surface area (Å²) in [6, 6.07) is 4.19. The highest BCUT2D eigenvalue weighted by Crippen LogP contribution is 2.35. The van der Waals surface area contributed by atoms with Gasteiger partial charge in [-0.3, -0.25) is 11.3 Å². The van der Waals surface area contributed by atoms with E-state index in [1.807, 2.05) is 12.1 Å². The number of nitrogens with one attached hydrogen (secondary N) is 1. The van der Waals surface area contributed by atoms with Gasteiger partial charge in [0.15, 0.2) is 0 Å². The van der Waals surface area contributed by atoms with E-state index in [1.54, 1.807) is 6.20 Å². The summed E-state index contributed by atoms with van der Waals surface area (Å²) in [6.45, 7) is 0. The van der Waals surface area contributed by atoms with E-state index < -0.39 is 0 Å². The first-order valence-electron chi connectivity index (χ1n) is 7.92. The topological polar surface area (TPSA) is 80.2 Å². The molecular formula is C16H29N5. The number of hydrogen-bond donors (Lipinski definition) is 3. The van der Waals surface area contributed by atoms with E-state index in [4.69, 9.17) is 11.6 Å². The average Bonchev–Trinajstić information content (AvgIpc) is 2.71. The molecule has 1 aliphatic carbocycles. The Morgan fingerprint density at radius 1 is 1.29 bits per heavy atom. The number of rotatable bonds is 5. The van der Waals surface area contributed by atoms with Crippen molar-refractivity contribution in [2.24, 2.45) is 5.84 Å². The summed E-state index contributed by atoms with van der Waals surface area (Å²) in [7, 11) is 4.35. The van der Waals surface area contributed by atoms with Crippen molar-refractivity contribution in [1.29, 1.82) is 0 Å². The van der Waals surface area contributed by atoms with Gasteiger partial charge in [0.1, 0.15) is 5.82 Å². The molecular weight excluding hydrogens is 262 g/mol. The van der Waals surface area contributed by atoms with Crippen molar-refractivity contribution in [3.63, 3.8) is 0 Å². The van der Waals surface area contributed by atoms with Crippen molar-refractivity contribution in [2.75, 3.05) is 19.8 Å². The lowest BCUT2D eigenvalue weighted by Crippen LogP contribution is -2.61. The molecule has 0 spiro atoms. The highest BCUT2D eigenvalue weighted by Gasteiger charge is 2.40. The molecule has 0 amide bonds. The second kappa shape index (κ2) is 7.20. The molecule has 0 radical (unpaired) electrons. The van der Waals surface area contributed by atoms with Crippen molar-refractivity contribution in [3.05, 3.63) is 23.9 Å². The van der Waals surface area contributed by atoms with E-state index in [2.05, 4.69) is 29.4 Å². The molecule has 1 aliphatic rings. The minimum absolute atomic E-state index is 0.114. The smallest absolute Gasteiger partial charge is 0.123 e. The molecule has 0 saturated heterocycles. The molecule has 5 N–H and O–H groups in total. The van der Waals surface area contributed by atoms with E-state index >= 15 is 0 Å². The molecule has 1 unspecified atom stereocenters. The molecule has 5 nitrogen and oxygen atoms in total. The third-order valence-electron chi connectivity index (χ3n) is 5.00. The molecule has 1 heterocycles. The number of nitrogens with zero attached hydrogens (tertiary/aromatic N) is 2. The number of hydrogen-bond acceptors (Lipinski definition) is 5. The van der Waals surface area contributed by atoms with Crippen LogP contribution in [0.3, 0.4) is 0 Å². The lowest BCUT2D eigenvalue weighted by Gasteiger charge is -2.45. The standard InChI is InChI=1S/C16H29N5/c1-21(2)16(8-5-3-4-6-9-16)14(20-18)11-13-7-10-19-15(17)12-13/h7,10,12,14,20H,3-6,8-9,11,18H2,1-2H3,(H2,17,19). The van der Waals surface area contributed by atoms with E-state index in [0.29, 0.717) is 5.82 Å². The van der Waals surface area contributed by atoms with Crippen LogP contribution in [-0.4, -0.2) is 35.6 Å². The Hall–Kier alpha value is -1.17. The molecule has 1 fully saturated rings. The van der Waals surface area contributed by atoms with Gasteiger partial charge in [0.2, 0.25) is 0 Å². The van der Waals surface area contributed by atoms with E-state index in [0.717, 1.165) is 6.42 Å². The summed E-state index contributed by atoms with van der Waals surface area (Å²) in [5.41, 5.74) is 10.2. The van der Waals surface area contributed by atoms with Gasteiger partial charge in [-0.1, -0.05) is 25.7 Å². The predicted molar refractivity (Wildman–Crippen MR) is 87.6 cm³/mol. The lowest BCUT2D eigenvalue weighted by molar-refractivity contribution is 0.0802. The molecule has 118 valence electrons. The van der Waals surface area contributed by atoms with Crippen LogP contribution in [-0.2, 0) is 6.42 Å². The summed E-state index contributed by atoms with van der Waals surface area (Å²) in [4.78, 5) is 6.44. The fourth-order valence-electron chi connectivity index (χ4n) is 3.71. The van der Waals surface area contributed by atoms with Crippen LogP contribution in [0.4, 0.5) is 5.82 Å². The van der Waals surface area contributed by atoms with Crippen LogP contribution >= 0.6 is 0 Å². The number of likely N-dealkylation sites (N-methyl/N-ethyl adjacent to an activating group) is 1. The Morgan fingerprint density at radius 2 is 1.95 bits per heavy atom. The molecule has 1 aromatic heterocycles. The summed E-state index contributed by atoms with van der Waals surface area (Å²) in [6.07, 6.45) is 10.2. The maximum absolute atomic E-state index is 5.94. The van der Waals surface area contributed by atoms with Gasteiger partial charge >= 0.3 is 0 Å². The number of nitrogen functional groups attached to an aromatic ring is 1. The highest BCUT2D eigenvalue weighted by atomic mass is 15.3. The maximum Gasteiger partial charge on any atom is 0.123 e. The second-order valence-corrected chi connectivity index (χ2v) is 6.42. The SMILES string of the molecule is CN(C)C1(C(Cc2ccnc(N)c2)NN)CCCCCC1. The van der Waals surface area contributed by atoms with E-state index in [1.165, 1.54) is 44.1 Å².